The largest absolute Gasteiger partial charge is 0.333 e. The number of benzene rings is 1. The van der Waals surface area contributed by atoms with Gasteiger partial charge in [-0.15, -0.1) is 0 Å². The van der Waals surface area contributed by atoms with Gasteiger partial charge in [0.2, 0.25) is 0 Å². The zero-order chi connectivity index (χ0) is 14.5. The molecule has 1 heterocycles. The van der Waals surface area contributed by atoms with E-state index in [9.17, 15) is 14.0 Å². The van der Waals surface area contributed by atoms with Crippen LogP contribution in [0.25, 0.3) is 0 Å². The van der Waals surface area contributed by atoms with Crippen molar-refractivity contribution in [2.75, 3.05) is 31.5 Å². The lowest BCUT2D eigenvalue weighted by atomic mass is 10.2. The molecule has 1 fully saturated rings. The van der Waals surface area contributed by atoms with Crippen molar-refractivity contribution >= 4 is 17.5 Å². The molecule has 0 aliphatic carbocycles. The highest BCUT2D eigenvalue weighted by Crippen LogP contribution is 2.15. The van der Waals surface area contributed by atoms with E-state index in [4.69, 9.17) is 0 Å². The van der Waals surface area contributed by atoms with Crippen LogP contribution in [0, 0.1) is 12.7 Å². The second-order valence-electron chi connectivity index (χ2n) is 4.83. The summed E-state index contributed by atoms with van der Waals surface area (Å²) >= 11 is 0. The summed E-state index contributed by atoms with van der Waals surface area (Å²) in [6.07, 6.45) is 0.803. The molecule has 0 bridgehead atoms. The second kappa shape index (κ2) is 6.47. The molecule has 20 heavy (non-hydrogen) atoms. The lowest BCUT2D eigenvalue weighted by molar-refractivity contribution is -0.143. The van der Waals surface area contributed by atoms with Crippen molar-refractivity contribution in [2.45, 2.75) is 13.3 Å². The van der Waals surface area contributed by atoms with Crippen molar-refractivity contribution < 1.29 is 14.0 Å². The van der Waals surface area contributed by atoms with E-state index >= 15 is 0 Å². The van der Waals surface area contributed by atoms with Crippen molar-refractivity contribution in [3.63, 3.8) is 0 Å². The predicted octanol–water partition coefficient (Wildman–Crippen LogP) is 0.895. The first-order valence-corrected chi connectivity index (χ1v) is 6.65. The van der Waals surface area contributed by atoms with Gasteiger partial charge in [-0.3, -0.25) is 9.59 Å². The van der Waals surface area contributed by atoms with Crippen molar-refractivity contribution in [3.05, 3.63) is 29.6 Å². The Hall–Kier alpha value is -1.95. The van der Waals surface area contributed by atoms with Crippen molar-refractivity contribution in [1.82, 2.24) is 10.2 Å². The zero-order valence-electron chi connectivity index (χ0n) is 11.4. The van der Waals surface area contributed by atoms with Crippen LogP contribution in [0.3, 0.4) is 0 Å². The number of amides is 2. The number of aryl methyl sites for hydroxylation is 1. The number of carbonyl (C=O) groups excluding carboxylic acids is 2. The molecule has 1 saturated heterocycles. The van der Waals surface area contributed by atoms with Gasteiger partial charge in [-0.2, -0.15) is 0 Å². The van der Waals surface area contributed by atoms with Crippen molar-refractivity contribution in [1.29, 1.82) is 0 Å². The summed E-state index contributed by atoms with van der Waals surface area (Å²) in [5.74, 6) is -1.95. The minimum Gasteiger partial charge on any atom is -0.333 e. The van der Waals surface area contributed by atoms with E-state index in [2.05, 4.69) is 10.6 Å². The summed E-state index contributed by atoms with van der Waals surface area (Å²) in [4.78, 5) is 25.4. The number of hydrogen-bond donors (Lipinski definition) is 2. The average Bonchev–Trinajstić information content (AvgIpc) is 2.70. The highest BCUT2D eigenvalue weighted by molar-refractivity contribution is 6.39. The summed E-state index contributed by atoms with van der Waals surface area (Å²) in [6.45, 7) is 4.28. The monoisotopic (exact) mass is 279 g/mol. The fraction of sp³-hybridized carbons (Fsp3) is 0.429. The topological polar surface area (TPSA) is 61.4 Å². The fourth-order valence-corrected chi connectivity index (χ4v) is 2.09. The van der Waals surface area contributed by atoms with Crippen LogP contribution in [0.5, 0.6) is 0 Å². The molecule has 0 saturated carbocycles. The fourth-order valence-electron chi connectivity index (χ4n) is 2.09. The standard InChI is InChI=1S/C14H18FN3O2/c1-10-3-4-12(11(15)9-10)17-13(19)14(20)18-7-2-5-16-6-8-18/h3-4,9,16H,2,5-8H2,1H3,(H,17,19). The third-order valence-corrected chi connectivity index (χ3v) is 3.19. The van der Waals surface area contributed by atoms with E-state index in [1.165, 1.54) is 17.0 Å². The molecule has 1 aromatic carbocycles. The van der Waals surface area contributed by atoms with Gasteiger partial charge in [0.25, 0.3) is 0 Å². The van der Waals surface area contributed by atoms with Crippen LogP contribution in [0.4, 0.5) is 10.1 Å². The maximum absolute atomic E-state index is 13.6. The average molecular weight is 279 g/mol. The van der Waals surface area contributed by atoms with Gasteiger partial charge in [0.1, 0.15) is 5.82 Å². The molecule has 2 N–H and O–H groups in total. The number of rotatable bonds is 1. The molecule has 6 heteroatoms. The molecule has 0 spiro atoms. The molecule has 0 unspecified atom stereocenters. The van der Waals surface area contributed by atoms with Gasteiger partial charge in [0.05, 0.1) is 5.69 Å². The van der Waals surface area contributed by atoms with E-state index in [1.54, 1.807) is 13.0 Å². The van der Waals surface area contributed by atoms with E-state index in [0.29, 0.717) is 19.6 Å². The zero-order valence-corrected chi connectivity index (χ0v) is 11.4. The lowest BCUT2D eigenvalue weighted by Crippen LogP contribution is -2.41. The summed E-state index contributed by atoms with van der Waals surface area (Å²) in [5.41, 5.74) is 0.785. The van der Waals surface area contributed by atoms with Gasteiger partial charge in [0, 0.05) is 19.6 Å². The third kappa shape index (κ3) is 3.54. The third-order valence-electron chi connectivity index (χ3n) is 3.19. The SMILES string of the molecule is Cc1ccc(NC(=O)C(=O)N2CCCNCC2)c(F)c1. The smallest absolute Gasteiger partial charge is 0.313 e. The quantitative estimate of drug-likeness (QED) is 0.751. The van der Waals surface area contributed by atoms with Gasteiger partial charge in [-0.05, 0) is 37.6 Å². The minimum absolute atomic E-state index is 0.0295. The maximum atomic E-state index is 13.6. The first-order valence-electron chi connectivity index (χ1n) is 6.65. The normalized spacial score (nSPS) is 15.6. The summed E-state index contributed by atoms with van der Waals surface area (Å²) in [5, 5.41) is 5.48. The number of anilines is 1. The Morgan fingerprint density at radius 1 is 1.30 bits per heavy atom. The van der Waals surface area contributed by atoms with Gasteiger partial charge in [0.15, 0.2) is 0 Å². The molecule has 2 amide bonds. The lowest BCUT2D eigenvalue weighted by Gasteiger charge is -2.19. The first-order chi connectivity index (χ1) is 9.58. The predicted molar refractivity (Wildman–Crippen MR) is 73.8 cm³/mol. The molecule has 108 valence electrons. The Morgan fingerprint density at radius 2 is 2.10 bits per heavy atom. The molecule has 1 aliphatic heterocycles. The van der Waals surface area contributed by atoms with Crippen LogP contribution in [0.2, 0.25) is 0 Å². The Morgan fingerprint density at radius 3 is 2.85 bits per heavy atom. The molecule has 1 aromatic rings. The van der Waals surface area contributed by atoms with Crippen LogP contribution >= 0.6 is 0 Å². The number of nitrogens with zero attached hydrogens (tertiary/aromatic N) is 1. The van der Waals surface area contributed by atoms with E-state index in [1.807, 2.05) is 0 Å². The molecule has 0 radical (unpaired) electrons. The summed E-state index contributed by atoms with van der Waals surface area (Å²) < 4.78 is 13.6. The van der Waals surface area contributed by atoms with Gasteiger partial charge in [-0.1, -0.05) is 6.07 Å². The van der Waals surface area contributed by atoms with Crippen LogP contribution in [0.1, 0.15) is 12.0 Å². The van der Waals surface area contributed by atoms with Gasteiger partial charge < -0.3 is 15.5 Å². The van der Waals surface area contributed by atoms with Crippen molar-refractivity contribution in [2.24, 2.45) is 0 Å². The van der Waals surface area contributed by atoms with Crippen LogP contribution in [-0.4, -0.2) is 42.9 Å². The van der Waals surface area contributed by atoms with Crippen LogP contribution < -0.4 is 10.6 Å². The van der Waals surface area contributed by atoms with Crippen LogP contribution in [-0.2, 0) is 9.59 Å². The summed E-state index contributed by atoms with van der Waals surface area (Å²) in [6, 6.07) is 4.45. The molecule has 5 nitrogen and oxygen atoms in total. The van der Waals surface area contributed by atoms with E-state index < -0.39 is 17.6 Å². The van der Waals surface area contributed by atoms with E-state index in [0.717, 1.165) is 18.5 Å². The molecule has 1 aliphatic rings. The molecular formula is C14H18FN3O2. The maximum Gasteiger partial charge on any atom is 0.313 e. The van der Waals surface area contributed by atoms with Crippen LogP contribution in [0.15, 0.2) is 18.2 Å². The minimum atomic E-state index is -0.797. The first kappa shape index (κ1) is 14.5. The Labute approximate surface area is 117 Å². The molecule has 0 aromatic heterocycles. The molecule has 2 rings (SSSR count). The van der Waals surface area contributed by atoms with Gasteiger partial charge in [-0.25, -0.2) is 4.39 Å². The second-order valence-corrected chi connectivity index (χ2v) is 4.83. The molecule has 0 atom stereocenters. The number of nitrogens with one attached hydrogen (secondary N) is 2. The Bertz CT molecular complexity index is 511. The number of carbonyl (C=O) groups is 2. The summed E-state index contributed by atoms with van der Waals surface area (Å²) in [7, 11) is 0. The number of halogens is 1. The van der Waals surface area contributed by atoms with E-state index in [-0.39, 0.29) is 5.69 Å². The highest BCUT2D eigenvalue weighted by Gasteiger charge is 2.23. The molecular weight excluding hydrogens is 261 g/mol. The Balaban J connectivity index is 2.01. The van der Waals surface area contributed by atoms with Crippen molar-refractivity contribution in [3.8, 4) is 0 Å². The van der Waals surface area contributed by atoms with Gasteiger partial charge >= 0.3 is 11.8 Å². The highest BCUT2D eigenvalue weighted by atomic mass is 19.1. The number of hydrogen-bond acceptors (Lipinski definition) is 3. The Kier molecular flexibility index (Phi) is 4.68.